The number of anilines is 2. The fraction of sp³-hybridized carbons (Fsp3) is 0.727. The molecule has 0 spiro atoms. The Balaban J connectivity index is 1.75. The Kier molecular flexibility index (Phi) is 2.42. The van der Waals surface area contributed by atoms with Crippen molar-refractivity contribution in [1.82, 2.24) is 4.37 Å². The van der Waals surface area contributed by atoms with Crippen molar-refractivity contribution in [2.75, 3.05) is 18.2 Å². The van der Waals surface area contributed by atoms with Gasteiger partial charge >= 0.3 is 0 Å². The van der Waals surface area contributed by atoms with E-state index in [0.29, 0.717) is 11.9 Å². The molecule has 88 valence electrons. The summed E-state index contributed by atoms with van der Waals surface area (Å²) in [5, 5.41) is 4.60. The van der Waals surface area contributed by atoms with Crippen LogP contribution in [0, 0.1) is 11.8 Å². The number of nitrogens with two attached hydrogens (primary N) is 1. The van der Waals surface area contributed by atoms with E-state index in [4.69, 9.17) is 10.5 Å². The molecule has 4 nitrogen and oxygen atoms in total. The highest BCUT2D eigenvalue weighted by atomic mass is 32.1. The summed E-state index contributed by atoms with van der Waals surface area (Å²) < 4.78 is 9.41. The van der Waals surface area contributed by atoms with Crippen molar-refractivity contribution >= 4 is 22.4 Å². The minimum atomic E-state index is 0.500. The molecule has 3 N–H and O–H groups in total. The van der Waals surface area contributed by atoms with Gasteiger partial charge in [0.05, 0.1) is 7.11 Å². The predicted octanol–water partition coefficient (Wildman–Crippen LogP) is 2.33. The van der Waals surface area contributed by atoms with E-state index in [9.17, 15) is 0 Å². The maximum atomic E-state index is 5.75. The van der Waals surface area contributed by atoms with Gasteiger partial charge in [0.25, 0.3) is 0 Å². The number of ether oxygens (including phenoxy) is 1. The Morgan fingerprint density at radius 2 is 2.00 bits per heavy atom. The number of aromatic nitrogens is 1. The van der Waals surface area contributed by atoms with Gasteiger partial charge in [0, 0.05) is 6.04 Å². The largest absolute Gasteiger partial charge is 0.490 e. The van der Waals surface area contributed by atoms with Gasteiger partial charge in [-0.1, -0.05) is 0 Å². The quantitative estimate of drug-likeness (QED) is 0.828. The summed E-state index contributed by atoms with van der Waals surface area (Å²) >= 11 is 1.41. The van der Waals surface area contributed by atoms with Gasteiger partial charge in [0.2, 0.25) is 0 Å². The molecule has 1 aromatic rings. The van der Waals surface area contributed by atoms with Crippen molar-refractivity contribution in [3.8, 4) is 5.75 Å². The van der Waals surface area contributed by atoms with E-state index in [-0.39, 0.29) is 0 Å². The first-order chi connectivity index (χ1) is 7.79. The summed E-state index contributed by atoms with van der Waals surface area (Å²) in [7, 11) is 1.65. The second-order valence-corrected chi connectivity index (χ2v) is 5.55. The van der Waals surface area contributed by atoms with E-state index in [1.165, 1.54) is 37.2 Å². The molecule has 1 aromatic heterocycles. The first-order valence-electron chi connectivity index (χ1n) is 5.85. The molecule has 3 rings (SSSR count). The van der Waals surface area contributed by atoms with Crippen LogP contribution in [0.3, 0.4) is 0 Å². The van der Waals surface area contributed by atoms with Crippen LogP contribution in [0.4, 0.5) is 10.8 Å². The van der Waals surface area contributed by atoms with Crippen molar-refractivity contribution in [3.05, 3.63) is 0 Å². The molecule has 2 saturated carbocycles. The van der Waals surface area contributed by atoms with Crippen molar-refractivity contribution < 1.29 is 4.74 Å². The van der Waals surface area contributed by atoms with Crippen LogP contribution in [-0.2, 0) is 0 Å². The summed E-state index contributed by atoms with van der Waals surface area (Å²) in [6.45, 7) is 0. The van der Waals surface area contributed by atoms with Crippen LogP contribution in [0.5, 0.6) is 5.75 Å². The SMILES string of the molecule is COc1c(N)nsc1NC(C1CC1)C1CC1. The minimum Gasteiger partial charge on any atom is -0.490 e. The first-order valence-corrected chi connectivity index (χ1v) is 6.62. The molecule has 2 aliphatic carbocycles. The smallest absolute Gasteiger partial charge is 0.197 e. The lowest BCUT2D eigenvalue weighted by molar-refractivity contribution is 0.418. The van der Waals surface area contributed by atoms with Crippen LogP contribution in [0.2, 0.25) is 0 Å². The standard InChI is InChI=1S/C11H17N3OS/c1-15-9-10(12)14-16-11(9)13-8(6-2-3-6)7-4-5-7/h6-8,13H,2-5H2,1H3,(H2,12,14). The lowest BCUT2D eigenvalue weighted by Crippen LogP contribution is -2.23. The lowest BCUT2D eigenvalue weighted by atomic mass is 10.1. The van der Waals surface area contributed by atoms with Crippen LogP contribution in [0.1, 0.15) is 25.7 Å². The van der Waals surface area contributed by atoms with Gasteiger partial charge in [-0.25, -0.2) is 0 Å². The second-order valence-electron chi connectivity index (χ2n) is 4.78. The number of nitrogen functional groups attached to an aromatic ring is 1. The number of nitrogens with one attached hydrogen (secondary N) is 1. The normalized spacial score (nSPS) is 20.1. The summed E-state index contributed by atoms with van der Waals surface area (Å²) in [4.78, 5) is 0. The van der Waals surface area contributed by atoms with E-state index < -0.39 is 0 Å². The molecule has 0 bridgehead atoms. The van der Waals surface area contributed by atoms with Crippen LogP contribution in [-0.4, -0.2) is 17.5 Å². The van der Waals surface area contributed by atoms with Gasteiger partial charge in [0.1, 0.15) is 0 Å². The average molecular weight is 239 g/mol. The molecule has 0 aromatic carbocycles. The third-order valence-electron chi connectivity index (χ3n) is 3.44. The van der Waals surface area contributed by atoms with E-state index in [1.54, 1.807) is 7.11 Å². The minimum absolute atomic E-state index is 0.500. The Labute approximate surface area is 99.3 Å². The molecular weight excluding hydrogens is 222 g/mol. The second kappa shape index (κ2) is 3.80. The molecule has 0 amide bonds. The van der Waals surface area contributed by atoms with Gasteiger partial charge in [-0.2, -0.15) is 4.37 Å². The maximum Gasteiger partial charge on any atom is 0.197 e. The van der Waals surface area contributed by atoms with E-state index >= 15 is 0 Å². The molecule has 1 heterocycles. The molecule has 2 fully saturated rings. The Bertz CT molecular complexity index is 373. The number of nitrogens with zero attached hydrogens (tertiary/aromatic N) is 1. The van der Waals surface area contributed by atoms with Crippen molar-refractivity contribution in [2.24, 2.45) is 11.8 Å². The van der Waals surface area contributed by atoms with Crippen LogP contribution >= 0.6 is 11.5 Å². The zero-order chi connectivity index (χ0) is 11.1. The third kappa shape index (κ3) is 1.84. The molecule has 0 aliphatic heterocycles. The number of methoxy groups -OCH3 is 1. The van der Waals surface area contributed by atoms with E-state index in [1.807, 2.05) is 0 Å². The van der Waals surface area contributed by atoms with Gasteiger partial charge in [-0.3, -0.25) is 0 Å². The molecule has 16 heavy (non-hydrogen) atoms. The Morgan fingerprint density at radius 1 is 1.38 bits per heavy atom. The van der Waals surface area contributed by atoms with Crippen molar-refractivity contribution in [3.63, 3.8) is 0 Å². The fourth-order valence-electron chi connectivity index (χ4n) is 2.27. The first kappa shape index (κ1) is 10.2. The maximum absolute atomic E-state index is 5.75. The van der Waals surface area contributed by atoms with Crippen LogP contribution < -0.4 is 15.8 Å². The van der Waals surface area contributed by atoms with Crippen molar-refractivity contribution in [1.29, 1.82) is 0 Å². The molecule has 2 aliphatic rings. The predicted molar refractivity (Wildman–Crippen MR) is 65.9 cm³/mol. The van der Waals surface area contributed by atoms with E-state index in [0.717, 1.165) is 22.6 Å². The highest BCUT2D eigenvalue weighted by Crippen LogP contribution is 2.47. The molecule has 0 saturated heterocycles. The summed E-state index contributed by atoms with van der Waals surface area (Å²) in [5.41, 5.74) is 5.75. The zero-order valence-corrected chi connectivity index (χ0v) is 10.2. The zero-order valence-electron chi connectivity index (χ0n) is 9.40. The molecule has 5 heteroatoms. The summed E-state index contributed by atoms with van der Waals surface area (Å²) in [5.74, 6) is 2.94. The Morgan fingerprint density at radius 3 is 2.50 bits per heavy atom. The highest BCUT2D eigenvalue weighted by Gasteiger charge is 2.42. The van der Waals surface area contributed by atoms with E-state index in [2.05, 4.69) is 9.69 Å². The molecule has 0 unspecified atom stereocenters. The topological polar surface area (TPSA) is 60.2 Å². The number of hydrogen-bond acceptors (Lipinski definition) is 5. The monoisotopic (exact) mass is 239 g/mol. The van der Waals surface area contributed by atoms with Gasteiger partial charge in [-0.15, -0.1) is 0 Å². The summed E-state index contributed by atoms with van der Waals surface area (Å²) in [6, 6.07) is 0.619. The fourth-order valence-corrected chi connectivity index (χ4v) is 3.00. The van der Waals surface area contributed by atoms with Crippen LogP contribution in [0.25, 0.3) is 0 Å². The molecule has 0 atom stereocenters. The number of hydrogen-bond donors (Lipinski definition) is 2. The molecular formula is C11H17N3OS. The van der Waals surface area contributed by atoms with Crippen molar-refractivity contribution in [2.45, 2.75) is 31.7 Å². The molecule has 0 radical (unpaired) electrons. The van der Waals surface area contributed by atoms with Gasteiger partial charge < -0.3 is 15.8 Å². The number of rotatable bonds is 5. The summed E-state index contributed by atoms with van der Waals surface area (Å²) in [6.07, 6.45) is 5.46. The lowest BCUT2D eigenvalue weighted by Gasteiger charge is -2.18. The van der Waals surface area contributed by atoms with Gasteiger partial charge in [0.15, 0.2) is 16.6 Å². The Hall–Kier alpha value is -0.970. The average Bonchev–Trinajstić information content (AvgIpc) is 3.14. The third-order valence-corrected chi connectivity index (χ3v) is 4.21. The van der Waals surface area contributed by atoms with Gasteiger partial charge in [-0.05, 0) is 49.1 Å². The van der Waals surface area contributed by atoms with Crippen LogP contribution in [0.15, 0.2) is 0 Å². The highest BCUT2D eigenvalue weighted by molar-refractivity contribution is 7.11.